The Bertz CT molecular complexity index is 189. The van der Waals surface area contributed by atoms with Crippen LogP contribution in [0.4, 0.5) is 0 Å². The summed E-state index contributed by atoms with van der Waals surface area (Å²) in [5, 5.41) is 0. The molecule has 1 N–H and O–H groups in total. The van der Waals surface area contributed by atoms with E-state index in [4.69, 9.17) is 0 Å². The molecule has 0 aliphatic heterocycles. The van der Waals surface area contributed by atoms with Crippen LogP contribution in [0.1, 0.15) is 84.0 Å². The Labute approximate surface area is 116 Å². The van der Waals surface area contributed by atoms with Gasteiger partial charge in [0.1, 0.15) is 0 Å². The van der Waals surface area contributed by atoms with E-state index in [2.05, 4.69) is 11.6 Å². The summed E-state index contributed by atoms with van der Waals surface area (Å²) in [6, 6.07) is 0. The minimum atomic E-state index is -2.08. The zero-order valence-corrected chi connectivity index (χ0v) is 12.7. The maximum atomic E-state index is 10.2. The quantitative estimate of drug-likeness (QED) is 0.384. The van der Waals surface area contributed by atoms with Crippen LogP contribution in [0, 0.1) is 0 Å². The van der Waals surface area contributed by atoms with Gasteiger partial charge in [0.2, 0.25) is 0 Å². The van der Waals surface area contributed by atoms with Gasteiger partial charge in [-0.3, -0.25) is 4.21 Å². The fraction of sp³-hybridized carbons (Fsp3) is 1.00. The minimum Gasteiger partial charge on any atom is -0.760 e. The Morgan fingerprint density at radius 1 is 0.778 bits per heavy atom. The Kier molecular flexibility index (Phi) is 15.2. The monoisotopic (exact) mass is 276 g/mol. The molecule has 1 atom stereocenters. The molecule has 0 rings (SSSR count). The van der Waals surface area contributed by atoms with E-state index in [1.807, 2.05) is 0 Å². The standard InChI is InChI=1S/C14H31NO2S/c1-2-3-4-5-6-7-8-9-10-11-12-13-14-15-18(16)17/h15H,2-14H2,1H3,(H,16,17)/p-1. The summed E-state index contributed by atoms with van der Waals surface area (Å²) in [7, 11) is 0. The molecule has 0 aliphatic carbocycles. The highest BCUT2D eigenvalue weighted by molar-refractivity contribution is 7.77. The van der Waals surface area contributed by atoms with Crippen LogP contribution in [0.15, 0.2) is 0 Å². The second kappa shape index (κ2) is 15.1. The van der Waals surface area contributed by atoms with Crippen LogP contribution in [-0.4, -0.2) is 15.3 Å². The van der Waals surface area contributed by atoms with Crippen molar-refractivity contribution in [2.45, 2.75) is 84.0 Å². The molecular weight excluding hydrogens is 246 g/mol. The van der Waals surface area contributed by atoms with Crippen LogP contribution in [0.5, 0.6) is 0 Å². The van der Waals surface area contributed by atoms with Crippen molar-refractivity contribution in [1.82, 2.24) is 4.72 Å². The van der Waals surface area contributed by atoms with Crippen LogP contribution in [-0.2, 0) is 11.3 Å². The average molecular weight is 276 g/mol. The van der Waals surface area contributed by atoms with Gasteiger partial charge in [-0.25, -0.2) is 4.72 Å². The normalized spacial score (nSPS) is 12.8. The molecular formula is C14H30NO2S-. The molecule has 110 valence electrons. The van der Waals surface area contributed by atoms with E-state index in [-0.39, 0.29) is 0 Å². The molecule has 18 heavy (non-hydrogen) atoms. The van der Waals surface area contributed by atoms with Gasteiger partial charge in [0.25, 0.3) is 0 Å². The van der Waals surface area contributed by atoms with Crippen LogP contribution in [0.3, 0.4) is 0 Å². The van der Waals surface area contributed by atoms with Gasteiger partial charge in [0.15, 0.2) is 0 Å². The first-order chi connectivity index (χ1) is 8.77. The van der Waals surface area contributed by atoms with Crippen molar-refractivity contribution >= 4 is 11.3 Å². The van der Waals surface area contributed by atoms with Gasteiger partial charge >= 0.3 is 0 Å². The lowest BCUT2D eigenvalue weighted by Gasteiger charge is -2.06. The lowest BCUT2D eigenvalue weighted by Crippen LogP contribution is -2.17. The fourth-order valence-corrected chi connectivity index (χ4v) is 2.43. The number of unbranched alkanes of at least 4 members (excludes halogenated alkanes) is 11. The fourth-order valence-electron chi connectivity index (χ4n) is 2.12. The molecule has 0 bridgehead atoms. The van der Waals surface area contributed by atoms with E-state index in [1.54, 1.807) is 0 Å². The van der Waals surface area contributed by atoms with Crippen LogP contribution >= 0.6 is 0 Å². The summed E-state index contributed by atoms with van der Waals surface area (Å²) in [6.07, 6.45) is 15.7. The van der Waals surface area contributed by atoms with Gasteiger partial charge in [0.05, 0.1) is 0 Å². The average Bonchev–Trinajstić information content (AvgIpc) is 2.34. The van der Waals surface area contributed by atoms with Crippen molar-refractivity contribution in [1.29, 1.82) is 0 Å². The first-order valence-electron chi connectivity index (χ1n) is 7.60. The molecule has 0 fully saturated rings. The zero-order valence-electron chi connectivity index (χ0n) is 11.9. The highest BCUT2D eigenvalue weighted by Crippen LogP contribution is 2.11. The predicted octanol–water partition coefficient (Wildman–Crippen LogP) is 4.07. The molecule has 4 heteroatoms. The largest absolute Gasteiger partial charge is 0.760 e. The second-order valence-electron chi connectivity index (χ2n) is 5.02. The number of hydrogen-bond donors (Lipinski definition) is 1. The first-order valence-corrected chi connectivity index (χ1v) is 8.67. The molecule has 0 radical (unpaired) electrons. The van der Waals surface area contributed by atoms with E-state index in [0.29, 0.717) is 6.54 Å². The molecule has 0 aliphatic rings. The minimum absolute atomic E-state index is 0.591. The summed E-state index contributed by atoms with van der Waals surface area (Å²) >= 11 is -2.08. The third-order valence-electron chi connectivity index (χ3n) is 3.25. The number of nitrogens with one attached hydrogen (secondary N) is 1. The van der Waals surface area contributed by atoms with Crippen molar-refractivity contribution in [3.8, 4) is 0 Å². The molecule has 0 aromatic carbocycles. The van der Waals surface area contributed by atoms with Gasteiger partial charge in [-0.05, 0) is 6.42 Å². The molecule has 1 unspecified atom stereocenters. The number of rotatable bonds is 14. The Balaban J connectivity index is 2.92. The zero-order chi connectivity index (χ0) is 13.5. The Hall–Kier alpha value is 0.0700. The van der Waals surface area contributed by atoms with E-state index in [1.165, 1.54) is 64.2 Å². The van der Waals surface area contributed by atoms with Crippen molar-refractivity contribution in [3.63, 3.8) is 0 Å². The second-order valence-corrected chi connectivity index (χ2v) is 5.78. The maximum absolute atomic E-state index is 10.2. The van der Waals surface area contributed by atoms with E-state index in [9.17, 15) is 8.76 Å². The van der Waals surface area contributed by atoms with Crippen LogP contribution in [0.2, 0.25) is 0 Å². The third kappa shape index (κ3) is 16.1. The first kappa shape index (κ1) is 18.1. The van der Waals surface area contributed by atoms with Gasteiger partial charge in [-0.15, -0.1) is 0 Å². The van der Waals surface area contributed by atoms with E-state index in [0.717, 1.165) is 12.8 Å². The topological polar surface area (TPSA) is 52.2 Å². The summed E-state index contributed by atoms with van der Waals surface area (Å²) in [5.41, 5.74) is 0. The van der Waals surface area contributed by atoms with E-state index >= 15 is 0 Å². The Morgan fingerprint density at radius 3 is 1.56 bits per heavy atom. The summed E-state index contributed by atoms with van der Waals surface area (Å²) in [5.74, 6) is 0. The molecule has 0 aromatic heterocycles. The summed E-state index contributed by atoms with van der Waals surface area (Å²) in [4.78, 5) is 0. The molecule has 0 amide bonds. The smallest absolute Gasteiger partial charge is 0.0181 e. The summed E-state index contributed by atoms with van der Waals surface area (Å²) in [6.45, 7) is 2.85. The summed E-state index contributed by atoms with van der Waals surface area (Å²) < 4.78 is 22.8. The van der Waals surface area contributed by atoms with Crippen molar-refractivity contribution in [2.24, 2.45) is 0 Å². The molecule has 0 saturated carbocycles. The molecule has 0 saturated heterocycles. The molecule has 3 nitrogen and oxygen atoms in total. The van der Waals surface area contributed by atoms with E-state index < -0.39 is 11.3 Å². The third-order valence-corrected chi connectivity index (χ3v) is 3.69. The molecule has 0 spiro atoms. The maximum Gasteiger partial charge on any atom is 0.0181 e. The van der Waals surface area contributed by atoms with Crippen molar-refractivity contribution in [2.75, 3.05) is 6.54 Å². The van der Waals surface area contributed by atoms with Crippen molar-refractivity contribution < 1.29 is 8.76 Å². The predicted molar refractivity (Wildman–Crippen MR) is 78.0 cm³/mol. The van der Waals surface area contributed by atoms with Crippen LogP contribution in [0.25, 0.3) is 0 Å². The number of hydrogen-bond acceptors (Lipinski definition) is 2. The highest BCUT2D eigenvalue weighted by Gasteiger charge is 1.93. The highest BCUT2D eigenvalue weighted by atomic mass is 32.2. The van der Waals surface area contributed by atoms with Gasteiger partial charge < -0.3 is 4.55 Å². The van der Waals surface area contributed by atoms with Gasteiger partial charge in [0, 0.05) is 17.8 Å². The van der Waals surface area contributed by atoms with Gasteiger partial charge in [-0.1, -0.05) is 77.6 Å². The van der Waals surface area contributed by atoms with Crippen LogP contribution < -0.4 is 4.72 Å². The molecule has 0 heterocycles. The Morgan fingerprint density at radius 2 is 1.17 bits per heavy atom. The molecule has 0 aromatic rings. The lowest BCUT2D eigenvalue weighted by atomic mass is 10.1. The van der Waals surface area contributed by atoms with Crippen molar-refractivity contribution in [3.05, 3.63) is 0 Å². The SMILES string of the molecule is CCCCCCCCCCCCCCNS(=O)[O-]. The van der Waals surface area contributed by atoms with Gasteiger partial charge in [-0.2, -0.15) is 0 Å². The lowest BCUT2D eigenvalue weighted by molar-refractivity contribution is 0.515.